The first-order valence-electron chi connectivity index (χ1n) is 9.32. The van der Waals surface area contributed by atoms with E-state index < -0.39 is 12.1 Å². The van der Waals surface area contributed by atoms with Gasteiger partial charge in [-0.25, -0.2) is 0 Å². The van der Waals surface area contributed by atoms with Crippen LogP contribution in [0, 0.1) is 0 Å². The number of nitrogens with one attached hydrogen (secondary N) is 2. The number of amides is 2. The smallest absolute Gasteiger partial charge is 0.243 e. The summed E-state index contributed by atoms with van der Waals surface area (Å²) >= 11 is 0. The van der Waals surface area contributed by atoms with Gasteiger partial charge in [-0.3, -0.25) is 9.59 Å². The summed E-state index contributed by atoms with van der Waals surface area (Å²) in [5, 5.41) is 15.2. The molecule has 0 saturated carbocycles. The van der Waals surface area contributed by atoms with Crippen molar-refractivity contribution in [2.24, 2.45) is 0 Å². The summed E-state index contributed by atoms with van der Waals surface area (Å²) in [5.74, 6) is -0.458. The topological polar surface area (TPSA) is 78.4 Å². The van der Waals surface area contributed by atoms with Gasteiger partial charge in [0.05, 0.1) is 12.1 Å². The normalized spacial score (nSPS) is 14.0. The zero-order valence-corrected chi connectivity index (χ0v) is 15.9. The fourth-order valence-electron chi connectivity index (χ4n) is 2.80. The van der Waals surface area contributed by atoms with E-state index in [0.717, 1.165) is 11.1 Å². The van der Waals surface area contributed by atoms with Gasteiger partial charge in [-0.2, -0.15) is 0 Å². The summed E-state index contributed by atoms with van der Waals surface area (Å²) in [6.45, 7) is 3.56. The summed E-state index contributed by atoms with van der Waals surface area (Å²) in [6.07, 6.45) is 0.417. The standard InChI is InChI=1S/C22H28N2O3/c1-16(25)13-14-21(26)24-20(15-18-9-5-3-6-10-18)22(27)23-17(2)19-11-7-4-8-12-19/h3-12,16-17,20,25H,13-15H2,1-2H3,(H,23,27)(H,24,26)/t16-,17-,20+/m1/s1. The Morgan fingerprint density at radius 2 is 1.52 bits per heavy atom. The number of rotatable bonds is 9. The van der Waals surface area contributed by atoms with E-state index in [1.165, 1.54) is 0 Å². The monoisotopic (exact) mass is 368 g/mol. The van der Waals surface area contributed by atoms with Gasteiger partial charge in [0.2, 0.25) is 11.8 Å². The Hall–Kier alpha value is -2.66. The number of carbonyl (C=O) groups excluding carboxylic acids is 2. The highest BCUT2D eigenvalue weighted by Crippen LogP contribution is 2.12. The average molecular weight is 368 g/mol. The van der Waals surface area contributed by atoms with E-state index in [1.807, 2.05) is 67.6 Å². The summed E-state index contributed by atoms with van der Waals surface area (Å²) in [6, 6.07) is 18.5. The van der Waals surface area contributed by atoms with E-state index in [4.69, 9.17) is 0 Å². The minimum atomic E-state index is -0.667. The number of benzene rings is 2. The highest BCUT2D eigenvalue weighted by molar-refractivity contribution is 5.88. The molecule has 0 aliphatic heterocycles. The molecule has 0 radical (unpaired) electrons. The van der Waals surface area contributed by atoms with Crippen molar-refractivity contribution in [1.82, 2.24) is 10.6 Å². The predicted molar refractivity (Wildman–Crippen MR) is 106 cm³/mol. The third-order valence-corrected chi connectivity index (χ3v) is 4.38. The van der Waals surface area contributed by atoms with Crippen molar-refractivity contribution < 1.29 is 14.7 Å². The van der Waals surface area contributed by atoms with Crippen LogP contribution in [0.25, 0.3) is 0 Å². The number of aliphatic hydroxyl groups excluding tert-OH is 1. The van der Waals surface area contributed by atoms with E-state index in [1.54, 1.807) is 6.92 Å². The van der Waals surface area contributed by atoms with Gasteiger partial charge in [0.25, 0.3) is 0 Å². The molecule has 27 heavy (non-hydrogen) atoms. The quantitative estimate of drug-likeness (QED) is 0.637. The van der Waals surface area contributed by atoms with Gasteiger partial charge in [0.15, 0.2) is 0 Å². The van der Waals surface area contributed by atoms with Gasteiger partial charge in [0, 0.05) is 12.8 Å². The van der Waals surface area contributed by atoms with Crippen molar-refractivity contribution in [2.45, 2.75) is 51.3 Å². The first-order chi connectivity index (χ1) is 13.0. The largest absolute Gasteiger partial charge is 0.393 e. The molecule has 2 aromatic carbocycles. The van der Waals surface area contributed by atoms with Crippen molar-refractivity contribution >= 4 is 11.8 Å². The second-order valence-corrected chi connectivity index (χ2v) is 6.84. The Balaban J connectivity index is 2.05. The molecular weight excluding hydrogens is 340 g/mol. The zero-order valence-electron chi connectivity index (χ0n) is 15.9. The number of aliphatic hydroxyl groups is 1. The summed E-state index contributed by atoms with van der Waals surface area (Å²) in [5.41, 5.74) is 1.98. The van der Waals surface area contributed by atoms with Gasteiger partial charge < -0.3 is 15.7 Å². The molecule has 3 N–H and O–H groups in total. The summed E-state index contributed by atoms with van der Waals surface area (Å²) in [4.78, 5) is 25.0. The second kappa shape index (κ2) is 10.5. The molecule has 144 valence electrons. The van der Waals surface area contributed by atoms with Gasteiger partial charge >= 0.3 is 0 Å². The Morgan fingerprint density at radius 3 is 2.11 bits per heavy atom. The average Bonchev–Trinajstić information content (AvgIpc) is 2.67. The molecule has 0 unspecified atom stereocenters. The molecular formula is C22H28N2O3. The lowest BCUT2D eigenvalue weighted by atomic mass is 10.0. The van der Waals surface area contributed by atoms with Crippen LogP contribution >= 0.6 is 0 Å². The van der Waals surface area contributed by atoms with Crippen molar-refractivity contribution in [3.05, 3.63) is 71.8 Å². The molecule has 0 aliphatic carbocycles. The fourth-order valence-corrected chi connectivity index (χ4v) is 2.80. The molecule has 5 nitrogen and oxygen atoms in total. The Morgan fingerprint density at radius 1 is 0.926 bits per heavy atom. The lowest BCUT2D eigenvalue weighted by Gasteiger charge is -2.22. The molecule has 0 aliphatic rings. The fraction of sp³-hybridized carbons (Fsp3) is 0.364. The maximum absolute atomic E-state index is 12.8. The van der Waals surface area contributed by atoms with Gasteiger partial charge in [-0.15, -0.1) is 0 Å². The first kappa shape index (κ1) is 20.6. The van der Waals surface area contributed by atoms with E-state index in [-0.39, 0.29) is 24.3 Å². The van der Waals surface area contributed by atoms with E-state index >= 15 is 0 Å². The van der Waals surface area contributed by atoms with Crippen molar-refractivity contribution in [1.29, 1.82) is 0 Å². The molecule has 0 bridgehead atoms. The number of hydrogen-bond donors (Lipinski definition) is 3. The molecule has 0 fully saturated rings. The lowest BCUT2D eigenvalue weighted by Crippen LogP contribution is -2.48. The lowest BCUT2D eigenvalue weighted by molar-refractivity contribution is -0.129. The second-order valence-electron chi connectivity index (χ2n) is 6.84. The maximum Gasteiger partial charge on any atom is 0.243 e. The van der Waals surface area contributed by atoms with E-state index in [9.17, 15) is 14.7 Å². The zero-order chi connectivity index (χ0) is 19.6. The molecule has 2 amide bonds. The van der Waals surface area contributed by atoms with Crippen LogP contribution in [-0.2, 0) is 16.0 Å². The Kier molecular flexibility index (Phi) is 8.01. The summed E-state index contributed by atoms with van der Waals surface area (Å²) in [7, 11) is 0. The Labute approximate surface area is 160 Å². The molecule has 5 heteroatoms. The predicted octanol–water partition coefficient (Wildman–Crippen LogP) is 2.75. The maximum atomic E-state index is 12.8. The van der Waals surface area contributed by atoms with Crippen molar-refractivity contribution in [2.75, 3.05) is 0 Å². The molecule has 2 rings (SSSR count). The molecule has 3 atom stereocenters. The van der Waals surface area contributed by atoms with Crippen LogP contribution in [0.2, 0.25) is 0 Å². The first-order valence-corrected chi connectivity index (χ1v) is 9.32. The van der Waals surface area contributed by atoms with Crippen LogP contribution in [0.4, 0.5) is 0 Å². The number of hydrogen-bond acceptors (Lipinski definition) is 3. The minimum absolute atomic E-state index is 0.161. The summed E-state index contributed by atoms with van der Waals surface area (Å²) < 4.78 is 0. The SMILES string of the molecule is C[C@@H](O)CCC(=O)N[C@@H](Cc1ccccc1)C(=O)N[C@H](C)c1ccccc1. The van der Waals surface area contributed by atoms with Crippen LogP contribution in [0.5, 0.6) is 0 Å². The van der Waals surface area contributed by atoms with Crippen LogP contribution < -0.4 is 10.6 Å². The third-order valence-electron chi connectivity index (χ3n) is 4.38. The van der Waals surface area contributed by atoms with Crippen molar-refractivity contribution in [3.8, 4) is 0 Å². The minimum Gasteiger partial charge on any atom is -0.393 e. The molecule has 0 spiro atoms. The van der Waals surface area contributed by atoms with Crippen LogP contribution in [0.1, 0.15) is 43.9 Å². The highest BCUT2D eigenvalue weighted by Gasteiger charge is 2.23. The van der Waals surface area contributed by atoms with E-state index in [0.29, 0.717) is 12.8 Å². The van der Waals surface area contributed by atoms with Crippen LogP contribution in [-0.4, -0.2) is 29.1 Å². The van der Waals surface area contributed by atoms with Crippen molar-refractivity contribution in [3.63, 3.8) is 0 Å². The van der Waals surface area contributed by atoms with Crippen LogP contribution in [0.3, 0.4) is 0 Å². The van der Waals surface area contributed by atoms with E-state index in [2.05, 4.69) is 10.6 Å². The van der Waals surface area contributed by atoms with Gasteiger partial charge in [0.1, 0.15) is 6.04 Å². The van der Waals surface area contributed by atoms with Gasteiger partial charge in [-0.1, -0.05) is 60.7 Å². The highest BCUT2D eigenvalue weighted by atomic mass is 16.3. The molecule has 0 heterocycles. The van der Waals surface area contributed by atoms with Crippen LogP contribution in [0.15, 0.2) is 60.7 Å². The molecule has 0 saturated heterocycles. The molecule has 0 aromatic heterocycles. The third kappa shape index (κ3) is 7.23. The Bertz CT molecular complexity index is 717. The number of carbonyl (C=O) groups is 2. The molecule has 2 aromatic rings. The van der Waals surface area contributed by atoms with Gasteiger partial charge in [-0.05, 0) is 31.4 Å².